The maximum Gasteiger partial charge on any atom is 0.236 e. The van der Waals surface area contributed by atoms with Crippen LogP contribution >= 0.6 is 0 Å². The summed E-state index contributed by atoms with van der Waals surface area (Å²) in [5.41, 5.74) is 0. The van der Waals surface area contributed by atoms with Crippen molar-refractivity contribution in [2.24, 2.45) is 4.99 Å². The molecule has 0 amide bonds. The first-order chi connectivity index (χ1) is 7.61. The minimum Gasteiger partial charge on any atom is -0.212 e. The Balaban J connectivity index is 2.77. The third kappa shape index (κ3) is 3.40. The van der Waals surface area contributed by atoms with E-state index < -0.39 is 16.2 Å². The van der Waals surface area contributed by atoms with Gasteiger partial charge in [-0.1, -0.05) is 13.3 Å². The fraction of sp³-hybridized carbons (Fsp3) is 0.900. The van der Waals surface area contributed by atoms with E-state index in [4.69, 9.17) is 0 Å². The van der Waals surface area contributed by atoms with Gasteiger partial charge in [0.1, 0.15) is 6.17 Å². The van der Waals surface area contributed by atoms with Crippen LogP contribution in [0.25, 0.3) is 0 Å². The Morgan fingerprint density at radius 1 is 1.44 bits per heavy atom. The monoisotopic (exact) mass is 246 g/mol. The van der Waals surface area contributed by atoms with Gasteiger partial charge in [0, 0.05) is 6.54 Å². The van der Waals surface area contributed by atoms with Gasteiger partial charge < -0.3 is 0 Å². The Kier molecular flexibility index (Phi) is 5.12. The predicted molar refractivity (Wildman–Crippen MR) is 61.2 cm³/mol. The first-order valence-corrected chi connectivity index (χ1v) is 7.29. The van der Waals surface area contributed by atoms with E-state index >= 15 is 0 Å². The Labute approximate surface area is 96.6 Å². The highest BCUT2D eigenvalue weighted by molar-refractivity contribution is 7.89. The van der Waals surface area contributed by atoms with Crippen molar-refractivity contribution in [3.63, 3.8) is 0 Å². The van der Waals surface area contributed by atoms with Crippen LogP contribution in [0.3, 0.4) is 0 Å². The molecule has 0 radical (unpaired) electrons. The summed E-state index contributed by atoms with van der Waals surface area (Å²) < 4.78 is 25.3. The standard InChI is InChI=1S/C10H18N2O3S/c1-2-3-8-16(14,15)12-7-5-4-6-10(12)11-9-13/h10H,2-8H2,1H3. The van der Waals surface area contributed by atoms with E-state index in [9.17, 15) is 13.2 Å². The molecule has 0 aromatic heterocycles. The molecule has 16 heavy (non-hydrogen) atoms. The molecule has 0 N–H and O–H groups in total. The minimum absolute atomic E-state index is 0.147. The van der Waals surface area contributed by atoms with Gasteiger partial charge in [-0.2, -0.15) is 9.30 Å². The number of hydrogen-bond acceptors (Lipinski definition) is 4. The number of sulfonamides is 1. The lowest BCUT2D eigenvalue weighted by atomic mass is 10.1. The summed E-state index contributed by atoms with van der Waals surface area (Å²) in [6.45, 7) is 2.43. The Morgan fingerprint density at radius 2 is 2.19 bits per heavy atom. The number of carbonyl (C=O) groups excluding carboxylic acids is 1. The SMILES string of the molecule is CCCCS(=O)(=O)N1CCCCC1N=C=O. The van der Waals surface area contributed by atoms with Crippen molar-refractivity contribution in [2.45, 2.75) is 45.2 Å². The van der Waals surface area contributed by atoms with Crippen LogP contribution in [-0.4, -0.2) is 37.3 Å². The zero-order valence-electron chi connectivity index (χ0n) is 9.55. The van der Waals surface area contributed by atoms with Crippen molar-refractivity contribution in [1.82, 2.24) is 4.31 Å². The molecule has 0 aliphatic carbocycles. The van der Waals surface area contributed by atoms with E-state index in [1.165, 1.54) is 10.4 Å². The summed E-state index contributed by atoms with van der Waals surface area (Å²) in [7, 11) is -3.26. The van der Waals surface area contributed by atoms with Crippen LogP contribution in [0.5, 0.6) is 0 Å². The Hall–Kier alpha value is -0.710. The highest BCUT2D eigenvalue weighted by atomic mass is 32.2. The van der Waals surface area contributed by atoms with Gasteiger partial charge in [0.25, 0.3) is 0 Å². The molecular weight excluding hydrogens is 228 g/mol. The molecule has 0 spiro atoms. The van der Waals surface area contributed by atoms with Crippen LogP contribution in [0.4, 0.5) is 0 Å². The maximum absolute atomic E-state index is 12.0. The molecule has 1 heterocycles. The normalized spacial score (nSPS) is 22.7. The van der Waals surface area contributed by atoms with E-state index in [1.807, 2.05) is 6.92 Å². The van der Waals surface area contributed by atoms with E-state index in [0.717, 1.165) is 19.3 Å². The third-order valence-electron chi connectivity index (χ3n) is 2.74. The lowest BCUT2D eigenvalue weighted by Crippen LogP contribution is -2.43. The van der Waals surface area contributed by atoms with Gasteiger partial charge in [-0.25, -0.2) is 13.2 Å². The van der Waals surface area contributed by atoms with Gasteiger partial charge in [-0.05, 0) is 25.7 Å². The smallest absolute Gasteiger partial charge is 0.212 e. The van der Waals surface area contributed by atoms with E-state index in [0.29, 0.717) is 19.4 Å². The van der Waals surface area contributed by atoms with Gasteiger partial charge >= 0.3 is 0 Å². The molecular formula is C10H18N2O3S. The second kappa shape index (κ2) is 6.13. The number of aliphatic imine (C=N–C) groups is 1. The molecule has 1 fully saturated rings. The van der Waals surface area contributed by atoms with Gasteiger partial charge in [-0.3, -0.25) is 0 Å². The molecule has 1 unspecified atom stereocenters. The molecule has 1 rings (SSSR count). The molecule has 6 heteroatoms. The molecule has 0 aromatic rings. The summed E-state index contributed by atoms with van der Waals surface area (Å²) in [6.07, 6.45) is 4.82. The quantitative estimate of drug-likeness (QED) is 0.542. The van der Waals surface area contributed by atoms with Crippen LogP contribution in [-0.2, 0) is 14.8 Å². The summed E-state index contributed by atoms with van der Waals surface area (Å²) in [4.78, 5) is 13.8. The zero-order valence-corrected chi connectivity index (χ0v) is 10.4. The highest BCUT2D eigenvalue weighted by Crippen LogP contribution is 2.21. The number of nitrogens with zero attached hydrogens (tertiary/aromatic N) is 2. The highest BCUT2D eigenvalue weighted by Gasteiger charge is 2.31. The number of hydrogen-bond donors (Lipinski definition) is 0. The van der Waals surface area contributed by atoms with Crippen LogP contribution in [0.1, 0.15) is 39.0 Å². The summed E-state index contributed by atoms with van der Waals surface area (Å²) in [5, 5.41) is 0. The van der Waals surface area contributed by atoms with Crippen LogP contribution in [0, 0.1) is 0 Å². The third-order valence-corrected chi connectivity index (χ3v) is 4.68. The topological polar surface area (TPSA) is 66.8 Å². The van der Waals surface area contributed by atoms with Crippen molar-refractivity contribution in [1.29, 1.82) is 0 Å². The average molecular weight is 246 g/mol. The van der Waals surface area contributed by atoms with Crippen molar-refractivity contribution < 1.29 is 13.2 Å². The molecule has 1 atom stereocenters. The zero-order chi connectivity index (χ0) is 12.0. The van der Waals surface area contributed by atoms with E-state index in [-0.39, 0.29) is 5.75 Å². The molecule has 1 aliphatic rings. The fourth-order valence-electron chi connectivity index (χ4n) is 1.85. The summed E-state index contributed by atoms with van der Waals surface area (Å²) >= 11 is 0. The summed E-state index contributed by atoms with van der Waals surface area (Å²) in [5.74, 6) is 0.147. The van der Waals surface area contributed by atoms with Crippen LogP contribution in [0.2, 0.25) is 0 Å². The van der Waals surface area contributed by atoms with Gasteiger partial charge in [-0.15, -0.1) is 0 Å². The molecule has 1 aliphatic heterocycles. The maximum atomic E-state index is 12.0. The lowest BCUT2D eigenvalue weighted by Gasteiger charge is -2.31. The molecule has 92 valence electrons. The second-order valence-corrected chi connectivity index (χ2v) is 6.02. The van der Waals surface area contributed by atoms with Crippen LogP contribution < -0.4 is 0 Å². The largest absolute Gasteiger partial charge is 0.236 e. The van der Waals surface area contributed by atoms with Crippen molar-refractivity contribution in [2.75, 3.05) is 12.3 Å². The Morgan fingerprint density at radius 3 is 2.81 bits per heavy atom. The summed E-state index contributed by atoms with van der Waals surface area (Å²) in [6, 6.07) is 0. The average Bonchev–Trinajstić information content (AvgIpc) is 2.27. The van der Waals surface area contributed by atoms with Gasteiger partial charge in [0.15, 0.2) is 0 Å². The number of unbranched alkanes of at least 4 members (excludes halogenated alkanes) is 1. The van der Waals surface area contributed by atoms with Crippen molar-refractivity contribution in [3.05, 3.63) is 0 Å². The van der Waals surface area contributed by atoms with Crippen molar-refractivity contribution in [3.8, 4) is 0 Å². The molecule has 0 saturated carbocycles. The van der Waals surface area contributed by atoms with Gasteiger partial charge in [0.2, 0.25) is 16.1 Å². The minimum atomic E-state index is -3.26. The first kappa shape index (κ1) is 13.4. The number of rotatable bonds is 5. The fourth-order valence-corrected chi connectivity index (χ4v) is 3.66. The second-order valence-electron chi connectivity index (χ2n) is 3.98. The molecule has 0 bridgehead atoms. The molecule has 1 saturated heterocycles. The molecule has 0 aromatic carbocycles. The lowest BCUT2D eigenvalue weighted by molar-refractivity contribution is 0.259. The van der Waals surface area contributed by atoms with E-state index in [1.54, 1.807) is 0 Å². The van der Waals surface area contributed by atoms with Gasteiger partial charge in [0.05, 0.1) is 5.75 Å². The number of isocyanates is 1. The van der Waals surface area contributed by atoms with Crippen molar-refractivity contribution >= 4 is 16.1 Å². The first-order valence-electron chi connectivity index (χ1n) is 5.68. The molecule has 5 nitrogen and oxygen atoms in total. The van der Waals surface area contributed by atoms with E-state index in [2.05, 4.69) is 4.99 Å². The Bertz CT molecular complexity index is 360. The predicted octanol–water partition coefficient (Wildman–Crippen LogP) is 1.26. The number of piperidine rings is 1. The van der Waals surface area contributed by atoms with Crippen LogP contribution in [0.15, 0.2) is 4.99 Å².